The van der Waals surface area contributed by atoms with E-state index in [2.05, 4.69) is 15.3 Å². The Hall–Kier alpha value is -7.67. The van der Waals surface area contributed by atoms with E-state index in [-0.39, 0.29) is 33.6 Å². The molecule has 0 aliphatic heterocycles. The Morgan fingerprint density at radius 1 is 0.727 bits per heavy atom. The number of primary amides is 1. The van der Waals surface area contributed by atoms with Crippen molar-refractivity contribution in [2.75, 3.05) is 23.8 Å². The maximum Gasteiger partial charge on any atom is 0.420 e. The molecule has 0 saturated carbocycles. The van der Waals surface area contributed by atoms with Crippen LogP contribution >= 0.6 is 0 Å². The van der Waals surface area contributed by atoms with Gasteiger partial charge in [0, 0.05) is 68.1 Å². The largest absolute Gasteiger partial charge is 0.465 e. The monoisotopic (exact) mass is 957 g/mol. The van der Waals surface area contributed by atoms with Gasteiger partial charge in [-0.15, -0.1) is 0 Å². The number of carboxylic acid groups (broad SMARTS) is 1. The molecule has 3 amide bonds. The summed E-state index contributed by atoms with van der Waals surface area (Å²) in [6, 6.07) is 4.88. The van der Waals surface area contributed by atoms with Gasteiger partial charge in [0.05, 0.1) is 40.3 Å². The number of alkyl halides is 12. The summed E-state index contributed by atoms with van der Waals surface area (Å²) >= 11 is 0. The second-order valence-corrected chi connectivity index (χ2v) is 13.2. The lowest BCUT2D eigenvalue weighted by Gasteiger charge is -2.24. The van der Waals surface area contributed by atoms with Crippen LogP contribution in [0.3, 0.4) is 0 Å². The van der Waals surface area contributed by atoms with Crippen molar-refractivity contribution < 1.29 is 93.9 Å². The fraction of sp³-hybridized carbons (Fsp3) is 0.175. The van der Waals surface area contributed by atoms with Crippen LogP contribution in [0.4, 0.5) is 82.4 Å². The Bertz CT molecular complexity index is 2980. The third kappa shape index (κ3) is 11.3. The topological polar surface area (TPSA) is 160 Å². The molecular formula is C40H27F14N7O5. The number of H-pyrrole nitrogens is 1. The number of rotatable bonds is 8. The molecule has 0 atom stereocenters. The lowest BCUT2D eigenvalue weighted by Crippen LogP contribution is -2.30. The number of nitrogens with zero attached hydrogens (tertiary/aromatic N) is 5. The highest BCUT2D eigenvalue weighted by molar-refractivity contribution is 5.97. The zero-order valence-corrected chi connectivity index (χ0v) is 32.1. The number of hydrogen-bond acceptors (Lipinski definition) is 6. The van der Waals surface area contributed by atoms with Crippen molar-refractivity contribution in [1.29, 1.82) is 0 Å². The molecule has 0 radical (unpaired) electrons. The number of amides is 3. The van der Waals surface area contributed by atoms with Crippen LogP contribution in [0.15, 0.2) is 91.5 Å². The molecule has 0 fully saturated rings. The van der Waals surface area contributed by atoms with E-state index in [4.69, 9.17) is 18.7 Å². The zero-order chi connectivity index (χ0) is 54.3. The number of nitrogens with two attached hydrogens (primary N) is 1. The number of benzene rings is 4. The van der Waals surface area contributed by atoms with Crippen LogP contribution in [0.1, 0.15) is 30.5 Å². The van der Waals surface area contributed by atoms with E-state index < -0.39 is 142 Å². The van der Waals surface area contributed by atoms with Gasteiger partial charge < -0.3 is 15.6 Å². The molecule has 0 unspecified atom stereocenters. The predicted octanol–water partition coefficient (Wildman–Crippen LogP) is 10.9. The molecule has 0 spiro atoms. The third-order valence-electron chi connectivity index (χ3n) is 8.68. The molecule has 0 saturated heterocycles. The van der Waals surface area contributed by atoms with Crippen LogP contribution in [0.5, 0.6) is 5.75 Å². The fourth-order valence-corrected chi connectivity index (χ4v) is 5.86. The van der Waals surface area contributed by atoms with Gasteiger partial charge in [-0.1, -0.05) is 0 Å². The summed E-state index contributed by atoms with van der Waals surface area (Å²) in [6.07, 6.45) is -22.0. The van der Waals surface area contributed by atoms with Crippen molar-refractivity contribution in [1.82, 2.24) is 20.0 Å². The average molecular weight is 958 g/mol. The molecule has 12 nitrogen and oxygen atoms in total. The summed E-state index contributed by atoms with van der Waals surface area (Å²) in [5, 5.41) is 18.8. The minimum absolute atomic E-state index is 0.0788. The normalized spacial score (nSPS) is 13.7. The Labute approximate surface area is 368 Å². The predicted molar refractivity (Wildman–Crippen MR) is 204 cm³/mol. The highest BCUT2D eigenvalue weighted by atomic mass is 19.4. The van der Waals surface area contributed by atoms with Crippen LogP contribution in [0.25, 0.3) is 33.4 Å². The lowest BCUT2D eigenvalue weighted by atomic mass is 9.88. The molecule has 6 rings (SSSR count). The van der Waals surface area contributed by atoms with E-state index in [0.29, 0.717) is 24.3 Å². The number of aromatic nitrogens is 4. The molecule has 66 heavy (non-hydrogen) atoms. The smallest absolute Gasteiger partial charge is 0.420 e. The maximum absolute atomic E-state index is 14.2. The summed E-state index contributed by atoms with van der Waals surface area (Å²) < 4.78 is 243. The number of carbonyl (C=O) groups excluding carboxylic acids is 2. The molecule has 0 aliphatic rings. The molecule has 4 N–H and O–H groups in total. The molecule has 2 aromatic heterocycles. The minimum atomic E-state index is -5.52. The van der Waals surface area contributed by atoms with E-state index in [1.54, 1.807) is 0 Å². The van der Waals surface area contributed by atoms with Crippen molar-refractivity contribution in [3.8, 4) is 39.1 Å². The van der Waals surface area contributed by atoms with E-state index >= 15 is 0 Å². The van der Waals surface area contributed by atoms with Gasteiger partial charge in [0.1, 0.15) is 18.2 Å². The molecular weight excluding hydrogens is 924 g/mol. The van der Waals surface area contributed by atoms with E-state index in [0.717, 1.165) is 53.7 Å². The summed E-state index contributed by atoms with van der Waals surface area (Å²) in [5.41, 5.74) is -8.17. The summed E-state index contributed by atoms with van der Waals surface area (Å²) in [7, 11) is 0. The highest BCUT2D eigenvalue weighted by Gasteiger charge is 2.43. The average Bonchev–Trinajstić information content (AvgIpc) is 3.93. The minimum Gasteiger partial charge on any atom is -0.465 e. The third-order valence-corrected chi connectivity index (χ3v) is 8.68. The van der Waals surface area contributed by atoms with Gasteiger partial charge in [-0.25, -0.2) is 18.4 Å². The zero-order valence-electron chi connectivity index (χ0n) is 38.1. The van der Waals surface area contributed by atoms with Crippen molar-refractivity contribution in [3.63, 3.8) is 0 Å². The van der Waals surface area contributed by atoms with Gasteiger partial charge in [-0.3, -0.25) is 24.4 Å². The first kappa shape index (κ1) is 41.1. The number of ether oxygens (including phenoxy) is 1. The quantitative estimate of drug-likeness (QED) is 0.128. The van der Waals surface area contributed by atoms with Crippen molar-refractivity contribution in [2.45, 2.75) is 31.2 Å². The Morgan fingerprint density at radius 3 is 1.82 bits per heavy atom. The van der Waals surface area contributed by atoms with Gasteiger partial charge in [-0.2, -0.15) is 62.9 Å². The summed E-state index contributed by atoms with van der Waals surface area (Å²) in [5.74, 6) is -4.42. The molecule has 2 heterocycles. The Balaban J connectivity index is 0.000000269. The first-order chi connectivity index (χ1) is 32.9. The SMILES string of the molecule is [2H]C([2H])([2H])N(C(=O)O)c1ccc(F)cc1-c1c(-c2cn[nH]c2)cc(C(F)(F)F)cc1C(F)(F)F.[2H]C([2H])([2H])N(C(=O)Oc1c(-c2cnn(CC(N)=O)c2)cc(C(F)(F)F)cc1C(F)(F)F)c1ccc(F)cc1. The lowest BCUT2D eigenvalue weighted by molar-refractivity contribution is -0.144. The van der Waals surface area contributed by atoms with Crippen LogP contribution in [-0.4, -0.2) is 57.1 Å². The van der Waals surface area contributed by atoms with Gasteiger partial charge >= 0.3 is 36.9 Å². The standard InChI is InChI=1S/C21H15F7N4O3.C19H12F7N3O2/c1-31(14-4-2-13(22)3-5-14)19(34)35-18-15(11-8-30-32(9-11)10-17(29)33)6-12(20(23,24)25)7-16(18)21(26,27)28;1-29(17(30)31)15-3-2-11(20)6-13(15)16-12(9-7-27-28-8-9)4-10(18(21,22)23)5-14(16)19(24,25)26/h2-9H,10H2,1H3,(H2,29,33);2-8H,1H3,(H,27,28)(H,30,31)/i2*1D3. The Kier molecular flexibility index (Phi) is 11.5. The van der Waals surface area contributed by atoms with Crippen molar-refractivity contribution in [3.05, 3.63) is 125 Å². The van der Waals surface area contributed by atoms with Crippen LogP contribution in [0, 0.1) is 11.6 Å². The second kappa shape index (κ2) is 18.4. The molecule has 0 aliphatic carbocycles. The Morgan fingerprint density at radius 2 is 1.30 bits per heavy atom. The van der Waals surface area contributed by atoms with Gasteiger partial charge in [0.2, 0.25) is 5.91 Å². The number of anilines is 2. The first-order valence-electron chi connectivity index (χ1n) is 20.5. The van der Waals surface area contributed by atoms with Crippen molar-refractivity contribution in [2.24, 2.45) is 5.73 Å². The first-order valence-corrected chi connectivity index (χ1v) is 17.5. The van der Waals surface area contributed by atoms with Crippen LogP contribution in [0.2, 0.25) is 0 Å². The number of hydrogen-bond donors (Lipinski definition) is 3. The van der Waals surface area contributed by atoms with Crippen LogP contribution in [-0.2, 0) is 36.0 Å². The van der Waals surface area contributed by atoms with Gasteiger partial charge in [-0.05, 0) is 72.3 Å². The molecule has 6 aromatic rings. The fourth-order valence-electron chi connectivity index (χ4n) is 5.86. The number of carbonyl (C=O) groups is 3. The van der Waals surface area contributed by atoms with E-state index in [1.165, 1.54) is 0 Å². The molecule has 350 valence electrons. The van der Waals surface area contributed by atoms with E-state index in [1.807, 2.05) is 0 Å². The van der Waals surface area contributed by atoms with Gasteiger partial charge in [0.25, 0.3) is 0 Å². The molecule has 4 aromatic carbocycles. The molecule has 0 bridgehead atoms. The summed E-state index contributed by atoms with van der Waals surface area (Å²) in [4.78, 5) is 35.4. The van der Waals surface area contributed by atoms with Gasteiger partial charge in [0.15, 0.2) is 5.75 Å². The van der Waals surface area contributed by atoms with Crippen molar-refractivity contribution >= 4 is 29.5 Å². The number of nitrogens with one attached hydrogen (secondary N) is 1. The second-order valence-electron chi connectivity index (χ2n) is 13.2. The highest BCUT2D eigenvalue weighted by Crippen LogP contribution is 2.49. The van der Waals surface area contributed by atoms with Crippen LogP contribution < -0.4 is 20.3 Å². The molecule has 26 heteroatoms. The summed E-state index contributed by atoms with van der Waals surface area (Å²) in [6.45, 7) is -7.40. The number of halogens is 14. The number of aromatic amines is 1. The van der Waals surface area contributed by atoms with E-state index in [9.17, 15) is 81.0 Å². The maximum atomic E-state index is 14.2.